The van der Waals surface area contributed by atoms with E-state index in [0.717, 1.165) is 0 Å². The number of benzene rings is 5. The van der Waals surface area contributed by atoms with Crippen LogP contribution in [0.15, 0.2) is 140 Å². The molecule has 0 N–H and O–H groups in total. The van der Waals surface area contributed by atoms with Crippen LogP contribution >= 0.6 is 0 Å². The highest BCUT2D eigenvalue weighted by Crippen LogP contribution is 2.26. The van der Waals surface area contributed by atoms with Crippen LogP contribution in [0.25, 0.3) is 44.5 Å². The van der Waals surface area contributed by atoms with Crippen LogP contribution in [-0.4, -0.2) is 0 Å². The van der Waals surface area contributed by atoms with E-state index in [9.17, 15) is 0 Å². The van der Waals surface area contributed by atoms with Gasteiger partial charge in [-0.05, 0) is 65.8 Å². The van der Waals surface area contributed by atoms with Crippen LogP contribution in [0.4, 0.5) is 0 Å². The zero-order valence-electron chi connectivity index (χ0n) is 24.7. The van der Waals surface area contributed by atoms with Crippen LogP contribution in [0.5, 0.6) is 0 Å². The normalized spacial score (nSPS) is 10.6. The molecular formula is C40H38N+. The van der Waals surface area contributed by atoms with Gasteiger partial charge in [0.05, 0.1) is 0 Å². The molecule has 6 rings (SSSR count). The summed E-state index contributed by atoms with van der Waals surface area (Å²) in [6, 6.07) is 47.9. The first-order valence-corrected chi connectivity index (χ1v) is 14.2. The first-order valence-electron chi connectivity index (χ1n) is 14.2. The smallest absolute Gasteiger partial charge is 0.177 e. The molecule has 6 aromatic rings. The molecule has 0 bridgehead atoms. The summed E-state index contributed by atoms with van der Waals surface area (Å²) in [4.78, 5) is 0. The molecule has 0 aliphatic carbocycles. The number of aryl methyl sites for hydroxylation is 5. The molecule has 0 saturated heterocycles. The Hall–Kier alpha value is -4.75. The molecule has 0 spiro atoms. The Balaban J connectivity index is 0.000000165. The molecular weight excluding hydrogens is 494 g/mol. The Morgan fingerprint density at radius 2 is 0.512 bits per heavy atom. The van der Waals surface area contributed by atoms with Crippen molar-refractivity contribution in [3.05, 3.63) is 162 Å². The van der Waals surface area contributed by atoms with Gasteiger partial charge in [0.2, 0.25) is 0 Å². The molecule has 1 nitrogen and oxygen atoms in total. The monoisotopic (exact) mass is 532 g/mol. The molecule has 0 unspecified atom stereocenters. The van der Waals surface area contributed by atoms with Gasteiger partial charge in [-0.1, -0.05) is 138 Å². The fourth-order valence-corrected chi connectivity index (χ4v) is 4.80. The summed E-state index contributed by atoms with van der Waals surface area (Å²) in [6.07, 6.45) is 2.18. The van der Waals surface area contributed by atoms with E-state index in [-0.39, 0.29) is 0 Å². The van der Waals surface area contributed by atoms with Gasteiger partial charge >= 0.3 is 0 Å². The molecule has 0 atom stereocenters. The van der Waals surface area contributed by atoms with Crippen molar-refractivity contribution in [2.75, 3.05) is 0 Å². The SMILES string of the molecule is Cc1ccc(-c2ccc(-c3ccc(C)[n+](C)c3)cc2)cc1.Cc1ccc(-c2ccc(-c3ccc(C)cc3)cc2)cc1. The quantitative estimate of drug-likeness (QED) is 0.199. The molecule has 0 fully saturated rings. The van der Waals surface area contributed by atoms with Crippen molar-refractivity contribution in [1.29, 1.82) is 0 Å². The lowest BCUT2D eigenvalue weighted by atomic mass is 9.99. The van der Waals surface area contributed by atoms with Crippen molar-refractivity contribution in [3.63, 3.8) is 0 Å². The van der Waals surface area contributed by atoms with Crippen molar-refractivity contribution < 1.29 is 4.57 Å². The fraction of sp³-hybridized carbons (Fsp3) is 0.125. The fourth-order valence-electron chi connectivity index (χ4n) is 4.80. The predicted molar refractivity (Wildman–Crippen MR) is 175 cm³/mol. The maximum absolute atomic E-state index is 2.19. The lowest BCUT2D eigenvalue weighted by molar-refractivity contribution is -0.677. The van der Waals surface area contributed by atoms with Crippen LogP contribution in [-0.2, 0) is 7.05 Å². The minimum atomic E-state index is 1.25. The Morgan fingerprint density at radius 3 is 0.780 bits per heavy atom. The van der Waals surface area contributed by atoms with E-state index in [1.54, 1.807) is 0 Å². The molecule has 0 radical (unpaired) electrons. The molecule has 0 aliphatic heterocycles. The van der Waals surface area contributed by atoms with Crippen LogP contribution in [0.1, 0.15) is 22.4 Å². The second-order valence-electron chi connectivity index (χ2n) is 10.9. The average molecular weight is 533 g/mol. The lowest BCUT2D eigenvalue weighted by Crippen LogP contribution is -2.31. The number of hydrogen-bond donors (Lipinski definition) is 0. The highest BCUT2D eigenvalue weighted by atomic mass is 14.9. The molecule has 1 heteroatoms. The third-order valence-electron chi connectivity index (χ3n) is 7.65. The van der Waals surface area contributed by atoms with E-state index < -0.39 is 0 Å². The summed E-state index contributed by atoms with van der Waals surface area (Å²) in [5.74, 6) is 0. The summed E-state index contributed by atoms with van der Waals surface area (Å²) >= 11 is 0. The number of hydrogen-bond acceptors (Lipinski definition) is 0. The maximum Gasteiger partial charge on any atom is 0.177 e. The molecule has 5 aromatic carbocycles. The third-order valence-corrected chi connectivity index (χ3v) is 7.65. The van der Waals surface area contributed by atoms with Gasteiger partial charge in [-0.15, -0.1) is 0 Å². The van der Waals surface area contributed by atoms with Gasteiger partial charge in [0.15, 0.2) is 11.9 Å². The van der Waals surface area contributed by atoms with Crippen molar-refractivity contribution in [2.45, 2.75) is 27.7 Å². The summed E-state index contributed by atoms with van der Waals surface area (Å²) in [5, 5.41) is 0. The molecule has 41 heavy (non-hydrogen) atoms. The molecule has 202 valence electrons. The minimum absolute atomic E-state index is 1.25. The Kier molecular flexibility index (Phi) is 8.56. The second kappa shape index (κ2) is 12.6. The van der Waals surface area contributed by atoms with Crippen LogP contribution in [0.3, 0.4) is 0 Å². The van der Waals surface area contributed by atoms with Crippen molar-refractivity contribution in [1.82, 2.24) is 0 Å². The highest BCUT2D eigenvalue weighted by molar-refractivity contribution is 5.71. The largest absolute Gasteiger partial charge is 0.205 e. The molecule has 1 aromatic heterocycles. The van der Waals surface area contributed by atoms with E-state index in [1.807, 2.05) is 0 Å². The molecule has 0 saturated carbocycles. The second-order valence-corrected chi connectivity index (χ2v) is 10.9. The van der Waals surface area contributed by atoms with Crippen LogP contribution in [0, 0.1) is 27.7 Å². The first-order chi connectivity index (χ1) is 19.9. The van der Waals surface area contributed by atoms with Crippen LogP contribution in [0.2, 0.25) is 0 Å². The number of aromatic nitrogens is 1. The first kappa shape index (κ1) is 27.8. The number of nitrogens with zero attached hydrogens (tertiary/aromatic N) is 1. The van der Waals surface area contributed by atoms with E-state index in [0.29, 0.717) is 0 Å². The zero-order valence-corrected chi connectivity index (χ0v) is 24.7. The van der Waals surface area contributed by atoms with E-state index in [4.69, 9.17) is 0 Å². The van der Waals surface area contributed by atoms with Gasteiger partial charge in [-0.2, -0.15) is 0 Å². The van der Waals surface area contributed by atoms with Crippen LogP contribution < -0.4 is 4.57 Å². The van der Waals surface area contributed by atoms with Gasteiger partial charge in [0, 0.05) is 18.6 Å². The van der Waals surface area contributed by atoms with Gasteiger partial charge in [0.1, 0.15) is 7.05 Å². The average Bonchev–Trinajstić information content (AvgIpc) is 3.00. The Bertz CT molecular complexity index is 1640. The third kappa shape index (κ3) is 7.07. The lowest BCUT2D eigenvalue weighted by Gasteiger charge is -2.06. The van der Waals surface area contributed by atoms with Gasteiger partial charge < -0.3 is 0 Å². The van der Waals surface area contributed by atoms with Crippen molar-refractivity contribution in [3.8, 4) is 44.5 Å². The van der Waals surface area contributed by atoms with Gasteiger partial charge in [-0.3, -0.25) is 0 Å². The molecule has 0 aliphatic rings. The Labute approximate surface area is 245 Å². The maximum atomic E-state index is 2.19. The Morgan fingerprint density at radius 1 is 0.293 bits per heavy atom. The summed E-state index contributed by atoms with van der Waals surface area (Å²) < 4.78 is 2.16. The summed E-state index contributed by atoms with van der Waals surface area (Å²) in [7, 11) is 2.08. The topological polar surface area (TPSA) is 3.88 Å². The zero-order chi connectivity index (χ0) is 28.8. The number of pyridine rings is 1. The van der Waals surface area contributed by atoms with Crippen molar-refractivity contribution in [2.24, 2.45) is 7.05 Å². The van der Waals surface area contributed by atoms with Gasteiger partial charge in [-0.25, -0.2) is 4.57 Å². The molecule has 1 heterocycles. The highest BCUT2D eigenvalue weighted by Gasteiger charge is 2.06. The predicted octanol–water partition coefficient (Wildman–Crippen LogP) is 10.1. The number of rotatable bonds is 4. The van der Waals surface area contributed by atoms with Gasteiger partial charge in [0.25, 0.3) is 0 Å². The van der Waals surface area contributed by atoms with E-state index >= 15 is 0 Å². The summed E-state index contributed by atoms with van der Waals surface area (Å²) in [5.41, 5.74) is 15.2. The van der Waals surface area contributed by atoms with E-state index in [1.165, 1.54) is 66.9 Å². The van der Waals surface area contributed by atoms with Crippen molar-refractivity contribution >= 4 is 0 Å². The standard InChI is InChI=1S/C20H20N.C20H18/c1-15-4-7-17(8-5-15)18-10-12-19(13-11-18)20-9-6-16(2)21(3)14-20;1-15-3-7-17(8-4-15)19-11-13-20(14-12-19)18-9-5-16(2)6-10-18/h4-14H,1-3H3;3-14H,1-2H3/q+1;. The van der Waals surface area contributed by atoms with E-state index in [2.05, 4.69) is 179 Å². The molecule has 0 amide bonds. The minimum Gasteiger partial charge on any atom is -0.205 e. The summed E-state index contributed by atoms with van der Waals surface area (Å²) in [6.45, 7) is 8.46.